The second-order valence-corrected chi connectivity index (χ2v) is 5.95. The molecular formula is C15H18ClNO. The standard InChI is InChI=1S/C15H18ClNO/c16-11-6-7-12-13(15(18)17-14(12)9-11)8-10-4-2-1-3-5-10/h6-7,9-10,13H,1-5,8H2,(H,17,18). The molecule has 2 aliphatic rings. The Labute approximate surface area is 113 Å². The zero-order chi connectivity index (χ0) is 12.5. The number of carbonyl (C=O) groups is 1. The fourth-order valence-electron chi connectivity index (χ4n) is 3.29. The summed E-state index contributed by atoms with van der Waals surface area (Å²) in [7, 11) is 0. The van der Waals surface area contributed by atoms with E-state index < -0.39 is 0 Å². The maximum atomic E-state index is 12.1. The van der Waals surface area contributed by atoms with Crippen molar-refractivity contribution in [1.29, 1.82) is 0 Å². The van der Waals surface area contributed by atoms with Gasteiger partial charge in [0.25, 0.3) is 0 Å². The van der Waals surface area contributed by atoms with Crippen LogP contribution < -0.4 is 5.32 Å². The van der Waals surface area contributed by atoms with Crippen molar-refractivity contribution in [1.82, 2.24) is 0 Å². The summed E-state index contributed by atoms with van der Waals surface area (Å²) in [6, 6.07) is 5.74. The van der Waals surface area contributed by atoms with E-state index in [1.165, 1.54) is 32.1 Å². The van der Waals surface area contributed by atoms with Crippen molar-refractivity contribution in [2.45, 2.75) is 44.4 Å². The van der Waals surface area contributed by atoms with Crippen LogP contribution in [-0.4, -0.2) is 5.91 Å². The first kappa shape index (κ1) is 12.0. The zero-order valence-electron chi connectivity index (χ0n) is 10.4. The number of hydrogen-bond acceptors (Lipinski definition) is 1. The molecular weight excluding hydrogens is 246 g/mol. The molecule has 1 amide bonds. The molecule has 1 heterocycles. The number of halogens is 1. The minimum absolute atomic E-state index is 0.0420. The third-order valence-electron chi connectivity index (χ3n) is 4.26. The summed E-state index contributed by atoms with van der Waals surface area (Å²) in [6.07, 6.45) is 7.58. The largest absolute Gasteiger partial charge is 0.325 e. The van der Waals surface area contributed by atoms with Gasteiger partial charge in [0.2, 0.25) is 5.91 Å². The second kappa shape index (κ2) is 4.93. The fraction of sp³-hybridized carbons (Fsp3) is 0.533. The molecule has 1 aromatic carbocycles. The van der Waals surface area contributed by atoms with Gasteiger partial charge in [0.1, 0.15) is 0 Å². The Balaban J connectivity index is 1.78. The predicted molar refractivity (Wildman–Crippen MR) is 74.0 cm³/mol. The number of rotatable bonds is 2. The van der Waals surface area contributed by atoms with Crippen LogP contribution in [0.25, 0.3) is 0 Å². The van der Waals surface area contributed by atoms with Crippen LogP contribution in [0.15, 0.2) is 18.2 Å². The van der Waals surface area contributed by atoms with Crippen LogP contribution in [0.5, 0.6) is 0 Å². The minimum Gasteiger partial charge on any atom is -0.325 e. The van der Waals surface area contributed by atoms with E-state index in [9.17, 15) is 4.79 Å². The second-order valence-electron chi connectivity index (χ2n) is 5.51. The molecule has 96 valence electrons. The van der Waals surface area contributed by atoms with Gasteiger partial charge in [-0.1, -0.05) is 49.8 Å². The Morgan fingerprint density at radius 3 is 2.78 bits per heavy atom. The molecule has 0 bridgehead atoms. The van der Waals surface area contributed by atoms with Crippen molar-refractivity contribution in [2.24, 2.45) is 5.92 Å². The van der Waals surface area contributed by atoms with Crippen molar-refractivity contribution in [2.75, 3.05) is 5.32 Å². The summed E-state index contributed by atoms with van der Waals surface area (Å²) in [5.74, 6) is 0.911. The van der Waals surface area contributed by atoms with E-state index in [1.54, 1.807) is 0 Å². The fourth-order valence-corrected chi connectivity index (χ4v) is 3.46. The molecule has 1 fully saturated rings. The molecule has 0 saturated heterocycles. The van der Waals surface area contributed by atoms with Gasteiger partial charge < -0.3 is 5.32 Å². The van der Waals surface area contributed by atoms with E-state index in [0.717, 1.165) is 23.6 Å². The first-order valence-electron chi connectivity index (χ1n) is 6.84. The molecule has 1 N–H and O–H groups in total. The summed E-state index contributed by atoms with van der Waals surface area (Å²) in [5.41, 5.74) is 2.04. The maximum absolute atomic E-state index is 12.1. The molecule has 0 spiro atoms. The molecule has 1 aliphatic carbocycles. The minimum atomic E-state index is 0.0420. The van der Waals surface area contributed by atoms with Crippen LogP contribution in [0.3, 0.4) is 0 Å². The smallest absolute Gasteiger partial charge is 0.232 e. The number of fused-ring (bicyclic) bond motifs is 1. The van der Waals surface area contributed by atoms with Gasteiger partial charge in [0.15, 0.2) is 0 Å². The lowest BCUT2D eigenvalue weighted by atomic mass is 9.81. The Kier molecular flexibility index (Phi) is 3.29. The normalized spacial score (nSPS) is 23.8. The van der Waals surface area contributed by atoms with E-state index in [-0.39, 0.29) is 11.8 Å². The summed E-state index contributed by atoms with van der Waals surface area (Å²) in [4.78, 5) is 12.1. The third kappa shape index (κ3) is 2.26. The molecule has 1 atom stereocenters. The highest BCUT2D eigenvalue weighted by atomic mass is 35.5. The number of nitrogens with one attached hydrogen (secondary N) is 1. The topological polar surface area (TPSA) is 29.1 Å². The SMILES string of the molecule is O=C1Nc2cc(Cl)ccc2C1CC1CCCCC1. The Hall–Kier alpha value is -1.02. The van der Waals surface area contributed by atoms with Gasteiger partial charge in [0.05, 0.1) is 5.92 Å². The summed E-state index contributed by atoms with van der Waals surface area (Å²) < 4.78 is 0. The monoisotopic (exact) mass is 263 g/mol. The van der Waals surface area contributed by atoms with Crippen LogP contribution in [0, 0.1) is 5.92 Å². The Morgan fingerprint density at radius 2 is 2.00 bits per heavy atom. The number of carbonyl (C=O) groups excluding carboxylic acids is 1. The molecule has 1 unspecified atom stereocenters. The van der Waals surface area contributed by atoms with E-state index in [0.29, 0.717) is 5.02 Å². The van der Waals surface area contributed by atoms with E-state index in [1.807, 2.05) is 18.2 Å². The molecule has 1 aromatic rings. The van der Waals surface area contributed by atoms with Gasteiger partial charge in [-0.15, -0.1) is 0 Å². The lowest BCUT2D eigenvalue weighted by Crippen LogP contribution is -2.17. The number of benzene rings is 1. The van der Waals surface area contributed by atoms with Gasteiger partial charge in [-0.25, -0.2) is 0 Å². The van der Waals surface area contributed by atoms with Crippen molar-refractivity contribution in [3.05, 3.63) is 28.8 Å². The Morgan fingerprint density at radius 1 is 1.22 bits per heavy atom. The Bertz CT molecular complexity index is 466. The van der Waals surface area contributed by atoms with Gasteiger partial charge >= 0.3 is 0 Å². The van der Waals surface area contributed by atoms with E-state index in [4.69, 9.17) is 11.6 Å². The molecule has 2 nitrogen and oxygen atoms in total. The van der Waals surface area contributed by atoms with Crippen molar-refractivity contribution < 1.29 is 4.79 Å². The molecule has 3 heteroatoms. The number of anilines is 1. The summed E-state index contributed by atoms with van der Waals surface area (Å²) in [6.45, 7) is 0. The molecule has 1 saturated carbocycles. The van der Waals surface area contributed by atoms with Crippen LogP contribution in [0.4, 0.5) is 5.69 Å². The van der Waals surface area contributed by atoms with Crippen LogP contribution >= 0.6 is 11.6 Å². The molecule has 3 rings (SSSR count). The molecule has 0 radical (unpaired) electrons. The van der Waals surface area contributed by atoms with Crippen molar-refractivity contribution in [3.8, 4) is 0 Å². The molecule has 18 heavy (non-hydrogen) atoms. The van der Waals surface area contributed by atoms with Gasteiger partial charge in [0, 0.05) is 10.7 Å². The van der Waals surface area contributed by atoms with E-state index in [2.05, 4.69) is 5.32 Å². The summed E-state index contributed by atoms with van der Waals surface area (Å²) >= 11 is 5.96. The van der Waals surface area contributed by atoms with Crippen molar-refractivity contribution in [3.63, 3.8) is 0 Å². The molecule has 1 aliphatic heterocycles. The first-order chi connectivity index (χ1) is 8.74. The highest BCUT2D eigenvalue weighted by Crippen LogP contribution is 2.40. The molecule has 0 aromatic heterocycles. The predicted octanol–water partition coefficient (Wildman–Crippen LogP) is 4.35. The third-order valence-corrected chi connectivity index (χ3v) is 4.49. The van der Waals surface area contributed by atoms with Gasteiger partial charge in [-0.2, -0.15) is 0 Å². The highest BCUT2D eigenvalue weighted by Gasteiger charge is 2.32. The van der Waals surface area contributed by atoms with Crippen LogP contribution in [-0.2, 0) is 4.79 Å². The van der Waals surface area contributed by atoms with E-state index >= 15 is 0 Å². The summed E-state index contributed by atoms with van der Waals surface area (Å²) in [5, 5.41) is 3.64. The highest BCUT2D eigenvalue weighted by molar-refractivity contribution is 6.31. The lowest BCUT2D eigenvalue weighted by molar-refractivity contribution is -0.117. The number of amides is 1. The number of hydrogen-bond donors (Lipinski definition) is 1. The zero-order valence-corrected chi connectivity index (χ0v) is 11.2. The van der Waals surface area contributed by atoms with Crippen LogP contribution in [0.1, 0.15) is 50.0 Å². The lowest BCUT2D eigenvalue weighted by Gasteiger charge is -2.23. The average molecular weight is 264 g/mol. The van der Waals surface area contributed by atoms with Gasteiger partial charge in [-0.05, 0) is 30.0 Å². The van der Waals surface area contributed by atoms with Crippen LogP contribution in [0.2, 0.25) is 5.02 Å². The quantitative estimate of drug-likeness (QED) is 0.845. The maximum Gasteiger partial charge on any atom is 0.232 e. The van der Waals surface area contributed by atoms with Gasteiger partial charge in [-0.3, -0.25) is 4.79 Å². The average Bonchev–Trinajstić information content (AvgIpc) is 2.66. The van der Waals surface area contributed by atoms with Crippen molar-refractivity contribution >= 4 is 23.2 Å². The first-order valence-corrected chi connectivity index (χ1v) is 7.22.